The number of nitrogens with zero attached hydrogens (tertiary/aromatic N) is 6. The smallest absolute Gasteiger partial charge is 0.333 e. The van der Waals surface area contributed by atoms with Gasteiger partial charge in [-0.25, -0.2) is 4.79 Å². The van der Waals surface area contributed by atoms with E-state index in [1.165, 1.54) is 9.13 Å². The lowest BCUT2D eigenvalue weighted by Crippen LogP contribution is -2.53. The van der Waals surface area contributed by atoms with Gasteiger partial charge in [0.1, 0.15) is 30.0 Å². The van der Waals surface area contributed by atoms with Gasteiger partial charge >= 0.3 is 5.69 Å². The first-order valence-electron chi connectivity index (χ1n) is 25.9. The van der Waals surface area contributed by atoms with E-state index in [2.05, 4.69) is 47.8 Å². The molecule has 16 nitrogen and oxygen atoms in total. The molecular formula is C56H88N6O10. The van der Waals surface area contributed by atoms with Crippen LogP contribution in [0.3, 0.4) is 0 Å². The van der Waals surface area contributed by atoms with Gasteiger partial charge in [-0.3, -0.25) is 33.3 Å². The van der Waals surface area contributed by atoms with Crippen LogP contribution in [0.1, 0.15) is 134 Å². The molecule has 0 aliphatic carbocycles. The maximum Gasteiger partial charge on any atom is 0.333 e. The lowest BCUT2D eigenvalue weighted by atomic mass is 10.0. The molecule has 2 amide bonds. The molecule has 0 N–H and O–H groups in total. The summed E-state index contributed by atoms with van der Waals surface area (Å²) in [7, 11) is 0. The van der Waals surface area contributed by atoms with Gasteiger partial charge in [0.25, 0.3) is 17.4 Å². The highest BCUT2D eigenvalue weighted by atomic mass is 16.6. The van der Waals surface area contributed by atoms with E-state index in [1.54, 1.807) is 22.9 Å². The van der Waals surface area contributed by atoms with E-state index in [4.69, 9.17) is 28.4 Å². The van der Waals surface area contributed by atoms with Crippen molar-refractivity contribution >= 4 is 11.8 Å². The van der Waals surface area contributed by atoms with Gasteiger partial charge in [-0.15, -0.1) is 0 Å². The fraction of sp³-hybridized carbons (Fsp3) is 0.643. The Bertz CT molecular complexity index is 2290. The zero-order valence-corrected chi connectivity index (χ0v) is 46.3. The fourth-order valence-corrected chi connectivity index (χ4v) is 8.12. The highest BCUT2D eigenvalue weighted by Gasteiger charge is 2.39. The predicted octanol–water partition coefficient (Wildman–Crippen LogP) is 8.90. The predicted molar refractivity (Wildman–Crippen MR) is 283 cm³/mol. The lowest BCUT2D eigenvalue weighted by molar-refractivity contribution is -0.134. The van der Waals surface area contributed by atoms with Gasteiger partial charge in [0.05, 0.1) is 25.4 Å². The van der Waals surface area contributed by atoms with Crippen LogP contribution in [0.4, 0.5) is 0 Å². The zero-order valence-electron chi connectivity index (χ0n) is 46.3. The van der Waals surface area contributed by atoms with Crippen LogP contribution in [-0.2, 0) is 44.6 Å². The summed E-state index contributed by atoms with van der Waals surface area (Å²) in [5.41, 5.74) is 0.829. The van der Waals surface area contributed by atoms with E-state index >= 15 is 0 Å². The van der Waals surface area contributed by atoms with Gasteiger partial charge < -0.3 is 38.2 Å². The molecule has 5 aliphatic rings. The van der Waals surface area contributed by atoms with E-state index < -0.39 is 6.23 Å². The quantitative estimate of drug-likeness (QED) is 0.0964. The van der Waals surface area contributed by atoms with Gasteiger partial charge in [-0.1, -0.05) is 85.8 Å². The molecule has 0 unspecified atom stereocenters. The SMILES string of the molecule is C=C1N(CC(C)C)C(=O)C(C)=CN1[C@H]1C=C[C@@H](COCC(C)C)O1.C=C1N([C@H]2C=C[C@@H](COC(C)(C)C)O2)C=C(C)C(=O)N1C(C)(C)C.CCCCOC[C@@H]1C=C[C@H](n2cc(C)c(=O)n(CCCC)c2=O)O1. The Morgan fingerprint density at radius 3 is 1.69 bits per heavy atom. The molecule has 1 aromatic rings. The second-order valence-corrected chi connectivity index (χ2v) is 21.8. The Morgan fingerprint density at radius 1 is 0.653 bits per heavy atom. The minimum atomic E-state index is -0.482. The number of amides is 2. The first-order chi connectivity index (χ1) is 33.8. The van der Waals surface area contributed by atoms with E-state index in [0.717, 1.165) is 38.9 Å². The average Bonchev–Trinajstić information content (AvgIpc) is 4.09. The zero-order chi connectivity index (χ0) is 53.7. The highest BCUT2D eigenvalue weighted by molar-refractivity contribution is 5.95. The van der Waals surface area contributed by atoms with Crippen molar-refractivity contribution in [2.75, 3.05) is 39.6 Å². The van der Waals surface area contributed by atoms with E-state index in [0.29, 0.717) is 73.1 Å². The summed E-state index contributed by atoms with van der Waals surface area (Å²) >= 11 is 0. The Balaban J connectivity index is 0.000000234. The molecule has 1 aromatic heterocycles. The normalized spacial score (nSPS) is 23.3. The fourth-order valence-electron chi connectivity index (χ4n) is 8.12. The molecule has 6 atom stereocenters. The number of aromatic nitrogens is 2. The molecule has 0 spiro atoms. The van der Waals surface area contributed by atoms with Crippen molar-refractivity contribution in [2.45, 2.75) is 184 Å². The molecule has 0 fully saturated rings. The number of rotatable bonds is 19. The first-order valence-corrected chi connectivity index (χ1v) is 25.9. The summed E-state index contributed by atoms with van der Waals surface area (Å²) in [6, 6.07) is 0. The molecule has 0 saturated heterocycles. The monoisotopic (exact) mass is 1000 g/mol. The van der Waals surface area contributed by atoms with Crippen molar-refractivity contribution in [1.29, 1.82) is 0 Å². The molecule has 0 bridgehead atoms. The second kappa shape index (κ2) is 26.9. The van der Waals surface area contributed by atoms with Crippen LogP contribution in [0.15, 0.2) is 101 Å². The summed E-state index contributed by atoms with van der Waals surface area (Å²) in [5.74, 6) is 2.18. The molecule has 16 heteroatoms. The number of carbonyl (C=O) groups excluding carboxylic acids is 2. The summed E-state index contributed by atoms with van der Waals surface area (Å²) in [4.78, 5) is 57.0. The summed E-state index contributed by atoms with van der Waals surface area (Å²) < 4.78 is 37.8. The van der Waals surface area contributed by atoms with Gasteiger partial charge in [0.2, 0.25) is 0 Å². The number of ether oxygens (including phenoxy) is 6. The van der Waals surface area contributed by atoms with E-state index in [-0.39, 0.29) is 65.0 Å². The summed E-state index contributed by atoms with van der Waals surface area (Å²) in [6.07, 6.45) is 19.5. The van der Waals surface area contributed by atoms with Crippen LogP contribution in [-0.4, -0.2) is 122 Å². The van der Waals surface area contributed by atoms with Crippen LogP contribution in [0, 0.1) is 18.8 Å². The van der Waals surface area contributed by atoms with Gasteiger partial charge in [0.15, 0.2) is 18.7 Å². The minimum Gasteiger partial charge on any atom is -0.378 e. The molecule has 6 heterocycles. The highest BCUT2D eigenvalue weighted by Crippen LogP contribution is 2.33. The third-order valence-corrected chi connectivity index (χ3v) is 11.8. The lowest BCUT2D eigenvalue weighted by Gasteiger charge is -2.45. The minimum absolute atomic E-state index is 0.0154. The third kappa shape index (κ3) is 16.9. The van der Waals surface area contributed by atoms with Crippen LogP contribution < -0.4 is 11.2 Å². The van der Waals surface area contributed by atoms with Crippen molar-refractivity contribution in [2.24, 2.45) is 11.8 Å². The van der Waals surface area contributed by atoms with Crippen molar-refractivity contribution in [3.05, 3.63) is 117 Å². The van der Waals surface area contributed by atoms with Crippen LogP contribution in [0.2, 0.25) is 0 Å². The van der Waals surface area contributed by atoms with Gasteiger partial charge in [-0.2, -0.15) is 0 Å². The van der Waals surface area contributed by atoms with Crippen molar-refractivity contribution in [3.8, 4) is 0 Å². The molecule has 6 rings (SSSR count). The third-order valence-electron chi connectivity index (χ3n) is 11.8. The van der Waals surface area contributed by atoms with Crippen molar-refractivity contribution in [3.63, 3.8) is 0 Å². The number of hydrogen-bond acceptors (Lipinski definition) is 12. The van der Waals surface area contributed by atoms with E-state index in [1.807, 2.05) is 121 Å². The standard InChI is InChI=1S/2C19H30N2O3.C18H28N2O4/c1-13-11-20(14(2)21(17(13)22)18(3,4)5)16-10-9-15(24-16)12-23-19(6,7)8;1-13(2)9-21-16(6)20(10-15(5)19(21)22)18-8-7-17(24-18)12-23-11-14(3)4;1-4-6-10-19-17(21)14(3)12-20(18(19)22)16-9-8-15(24-16)13-23-11-7-5-2/h9-11,15-16H,2,12H2,1,3-8H3;7-8,10,13-14,17-18H,6,9,11-12H2,1-5H3;8-9,12,15-16H,4-7,10-11,13H2,1-3H3/t15-,16+;17-,18+;15-,16+/m000/s1. The number of aryl methyl sites for hydroxylation is 1. The Hall–Kier alpha value is -4.84. The summed E-state index contributed by atoms with van der Waals surface area (Å²) in [5, 5.41) is 0. The molecule has 0 saturated carbocycles. The Kier molecular flexibility index (Phi) is 22.3. The van der Waals surface area contributed by atoms with Crippen LogP contribution in [0.25, 0.3) is 0 Å². The number of carbonyl (C=O) groups is 2. The van der Waals surface area contributed by atoms with E-state index in [9.17, 15) is 19.2 Å². The Morgan fingerprint density at radius 2 is 1.17 bits per heavy atom. The summed E-state index contributed by atoms with van der Waals surface area (Å²) in [6.45, 7) is 42.3. The second-order valence-electron chi connectivity index (χ2n) is 21.8. The maximum atomic E-state index is 12.6. The van der Waals surface area contributed by atoms with Gasteiger partial charge in [-0.05, 0) is 105 Å². The largest absolute Gasteiger partial charge is 0.378 e. The average molecular weight is 1010 g/mol. The first kappa shape index (κ1) is 59.7. The molecule has 5 aliphatic heterocycles. The maximum absolute atomic E-state index is 12.6. The molecule has 402 valence electrons. The van der Waals surface area contributed by atoms with Crippen molar-refractivity contribution < 1.29 is 38.0 Å². The molecule has 0 aromatic carbocycles. The van der Waals surface area contributed by atoms with Crippen LogP contribution in [0.5, 0.6) is 0 Å². The molecule has 0 radical (unpaired) electrons. The van der Waals surface area contributed by atoms with Gasteiger partial charge in [0, 0.05) is 67.1 Å². The van der Waals surface area contributed by atoms with Crippen LogP contribution >= 0.6 is 0 Å². The molecule has 72 heavy (non-hydrogen) atoms. The van der Waals surface area contributed by atoms with Crippen molar-refractivity contribution in [1.82, 2.24) is 28.7 Å². The topological polar surface area (TPSA) is 146 Å². The molecular weight excluding hydrogens is 917 g/mol. The number of unbranched alkanes of at least 4 members (excludes halogenated alkanes) is 2. The number of hydrogen-bond donors (Lipinski definition) is 0. The Labute approximate surface area is 430 Å².